The van der Waals surface area contributed by atoms with E-state index in [2.05, 4.69) is 24.1 Å². The molecule has 0 aromatic heterocycles. The van der Waals surface area contributed by atoms with E-state index >= 15 is 0 Å². The molecule has 23 heavy (non-hydrogen) atoms. The number of hydrogen-bond donors (Lipinski definition) is 1. The normalized spacial score (nSPS) is 16.3. The number of non-ortho nitro benzene ring substituents is 1. The number of halogens is 2. The van der Waals surface area contributed by atoms with Crippen molar-refractivity contribution in [2.24, 2.45) is 5.92 Å². The molecule has 1 heterocycles. The highest BCUT2D eigenvalue weighted by Crippen LogP contribution is 2.29. The largest absolute Gasteiger partial charge is 0.314 e. The predicted molar refractivity (Wildman–Crippen MR) is 98.8 cm³/mol. The van der Waals surface area contributed by atoms with Gasteiger partial charge < -0.3 is 5.32 Å². The average Bonchev–Trinajstić information content (AvgIpc) is 2.48. The van der Waals surface area contributed by atoms with Gasteiger partial charge in [0.05, 0.1) is 4.92 Å². The van der Waals surface area contributed by atoms with Crippen molar-refractivity contribution < 1.29 is 4.92 Å². The van der Waals surface area contributed by atoms with E-state index in [1.54, 1.807) is 18.2 Å². The van der Waals surface area contributed by atoms with Crippen molar-refractivity contribution >= 4 is 30.5 Å². The molecule has 1 fully saturated rings. The summed E-state index contributed by atoms with van der Waals surface area (Å²) in [5.41, 5.74) is 1.27. The highest BCUT2D eigenvalue weighted by Gasteiger charge is 2.23. The predicted octanol–water partition coefficient (Wildman–Crippen LogP) is 3.82. The lowest BCUT2D eigenvalue weighted by molar-refractivity contribution is -0.385. The Morgan fingerprint density at radius 3 is 2.43 bits per heavy atom. The summed E-state index contributed by atoms with van der Waals surface area (Å²) in [4.78, 5) is 13.2. The first kappa shape index (κ1) is 22.1. The Morgan fingerprint density at radius 1 is 1.22 bits per heavy atom. The Bertz CT molecular complexity index is 480. The summed E-state index contributed by atoms with van der Waals surface area (Å²) < 4.78 is 0. The number of nitro benzene ring substituents is 1. The number of benzene rings is 1. The van der Waals surface area contributed by atoms with Gasteiger partial charge in [-0.25, -0.2) is 0 Å². The van der Waals surface area contributed by atoms with E-state index in [0.717, 1.165) is 44.6 Å². The zero-order valence-electron chi connectivity index (χ0n) is 13.7. The summed E-state index contributed by atoms with van der Waals surface area (Å²) >= 11 is 0. The molecule has 0 radical (unpaired) electrons. The van der Waals surface area contributed by atoms with E-state index in [1.807, 2.05) is 6.07 Å². The van der Waals surface area contributed by atoms with E-state index < -0.39 is 0 Å². The van der Waals surface area contributed by atoms with Crippen molar-refractivity contribution in [1.29, 1.82) is 0 Å². The van der Waals surface area contributed by atoms with E-state index in [0.29, 0.717) is 5.92 Å². The number of nitro groups is 1. The summed E-state index contributed by atoms with van der Waals surface area (Å²) in [6.07, 6.45) is 2.19. The molecule has 1 aromatic rings. The zero-order valence-corrected chi connectivity index (χ0v) is 15.4. The summed E-state index contributed by atoms with van der Waals surface area (Å²) in [5, 5.41) is 14.4. The maximum Gasteiger partial charge on any atom is 0.269 e. The molecule has 0 saturated carbocycles. The second-order valence-electron chi connectivity index (χ2n) is 6.13. The van der Waals surface area contributed by atoms with Crippen LogP contribution in [0.15, 0.2) is 24.3 Å². The van der Waals surface area contributed by atoms with Gasteiger partial charge in [-0.3, -0.25) is 15.0 Å². The Morgan fingerprint density at radius 2 is 1.87 bits per heavy atom. The summed E-state index contributed by atoms with van der Waals surface area (Å²) in [7, 11) is 0. The van der Waals surface area contributed by atoms with Crippen LogP contribution in [0.2, 0.25) is 0 Å². The van der Waals surface area contributed by atoms with Gasteiger partial charge in [-0.05, 0) is 24.3 Å². The van der Waals surface area contributed by atoms with Gasteiger partial charge in [0.25, 0.3) is 5.69 Å². The van der Waals surface area contributed by atoms with Crippen molar-refractivity contribution in [2.75, 3.05) is 26.2 Å². The molecule has 0 bridgehead atoms. The third-order valence-electron chi connectivity index (χ3n) is 4.08. The van der Waals surface area contributed by atoms with Crippen molar-refractivity contribution in [3.8, 4) is 0 Å². The summed E-state index contributed by atoms with van der Waals surface area (Å²) in [6.45, 7) is 8.45. The lowest BCUT2D eigenvalue weighted by Crippen LogP contribution is -2.45. The van der Waals surface area contributed by atoms with Gasteiger partial charge in [0, 0.05) is 44.4 Å². The number of hydrogen-bond acceptors (Lipinski definition) is 4. The molecule has 1 aliphatic heterocycles. The fourth-order valence-corrected chi connectivity index (χ4v) is 2.89. The smallest absolute Gasteiger partial charge is 0.269 e. The third kappa shape index (κ3) is 6.63. The number of rotatable bonds is 6. The van der Waals surface area contributed by atoms with Crippen LogP contribution in [0.1, 0.15) is 38.3 Å². The van der Waals surface area contributed by atoms with Gasteiger partial charge in [0.1, 0.15) is 0 Å². The number of nitrogens with zero attached hydrogens (tertiary/aromatic N) is 2. The molecule has 0 aliphatic carbocycles. The maximum absolute atomic E-state index is 11.0. The molecule has 1 aliphatic rings. The first-order chi connectivity index (χ1) is 10.1. The quantitative estimate of drug-likeness (QED) is 0.616. The highest BCUT2D eigenvalue weighted by atomic mass is 35.5. The van der Waals surface area contributed by atoms with E-state index in [4.69, 9.17) is 0 Å². The minimum atomic E-state index is -0.305. The average molecular weight is 364 g/mol. The minimum absolute atomic E-state index is 0. The maximum atomic E-state index is 11.0. The standard InChI is InChI=1S/C16H25N3O2.2ClH/c1-13(2)6-7-16(18-10-8-17-9-11-18)14-4-3-5-15(12-14)19(20)21;;/h3-5,12-13,16-17H,6-11H2,1-2H3;2*1H/t16-;;/m0../s1. The number of nitrogens with one attached hydrogen (secondary N) is 1. The van der Waals surface area contributed by atoms with Gasteiger partial charge >= 0.3 is 0 Å². The molecule has 0 amide bonds. The van der Waals surface area contributed by atoms with Crippen LogP contribution in [-0.2, 0) is 0 Å². The Labute approximate surface area is 150 Å². The molecule has 132 valence electrons. The van der Waals surface area contributed by atoms with Crippen LogP contribution >= 0.6 is 24.8 Å². The van der Waals surface area contributed by atoms with Gasteiger partial charge in [0.15, 0.2) is 0 Å². The van der Waals surface area contributed by atoms with Crippen LogP contribution in [0.3, 0.4) is 0 Å². The Hall–Kier alpha value is -0.880. The molecule has 1 N–H and O–H groups in total. The molecular formula is C16H27Cl2N3O2. The Balaban J connectivity index is 0.00000242. The zero-order chi connectivity index (χ0) is 15.2. The topological polar surface area (TPSA) is 58.4 Å². The van der Waals surface area contributed by atoms with Crippen molar-refractivity contribution in [3.05, 3.63) is 39.9 Å². The fourth-order valence-electron chi connectivity index (χ4n) is 2.89. The highest BCUT2D eigenvalue weighted by molar-refractivity contribution is 5.85. The van der Waals surface area contributed by atoms with Gasteiger partial charge in [0.2, 0.25) is 0 Å². The second-order valence-corrected chi connectivity index (χ2v) is 6.13. The van der Waals surface area contributed by atoms with Crippen molar-refractivity contribution in [1.82, 2.24) is 10.2 Å². The minimum Gasteiger partial charge on any atom is -0.314 e. The van der Waals surface area contributed by atoms with Crippen LogP contribution in [0.4, 0.5) is 5.69 Å². The van der Waals surface area contributed by atoms with Crippen molar-refractivity contribution in [3.63, 3.8) is 0 Å². The van der Waals surface area contributed by atoms with Crippen molar-refractivity contribution in [2.45, 2.75) is 32.7 Å². The summed E-state index contributed by atoms with van der Waals surface area (Å²) in [5.74, 6) is 0.647. The SMILES string of the molecule is CC(C)CC[C@@H](c1cccc([N+](=O)[O-])c1)N1CCNCC1.Cl.Cl. The monoisotopic (exact) mass is 363 g/mol. The second kappa shape index (κ2) is 10.8. The molecule has 5 nitrogen and oxygen atoms in total. The lowest BCUT2D eigenvalue weighted by atomic mass is 9.95. The number of piperazine rings is 1. The lowest BCUT2D eigenvalue weighted by Gasteiger charge is -2.35. The van der Waals surface area contributed by atoms with Gasteiger partial charge in [-0.2, -0.15) is 0 Å². The molecule has 0 spiro atoms. The van der Waals surface area contributed by atoms with Crippen LogP contribution < -0.4 is 5.32 Å². The third-order valence-corrected chi connectivity index (χ3v) is 4.08. The Kier molecular flexibility index (Phi) is 10.4. The molecule has 1 saturated heterocycles. The van der Waals surface area contributed by atoms with E-state index in [9.17, 15) is 10.1 Å². The molecule has 1 atom stereocenters. The van der Waals surface area contributed by atoms with E-state index in [1.165, 1.54) is 0 Å². The fraction of sp³-hybridized carbons (Fsp3) is 0.625. The van der Waals surface area contributed by atoms with Crippen LogP contribution in [0.25, 0.3) is 0 Å². The van der Waals surface area contributed by atoms with Gasteiger partial charge in [-0.15, -0.1) is 24.8 Å². The van der Waals surface area contributed by atoms with Crippen LogP contribution in [0.5, 0.6) is 0 Å². The molecule has 7 heteroatoms. The van der Waals surface area contributed by atoms with Crippen LogP contribution in [-0.4, -0.2) is 36.0 Å². The first-order valence-electron chi connectivity index (χ1n) is 7.77. The van der Waals surface area contributed by atoms with Gasteiger partial charge in [-0.1, -0.05) is 26.0 Å². The molecule has 1 aromatic carbocycles. The van der Waals surface area contributed by atoms with Crippen LogP contribution in [0, 0.1) is 16.0 Å². The molecule has 2 rings (SSSR count). The summed E-state index contributed by atoms with van der Waals surface area (Å²) in [6, 6.07) is 7.43. The van der Waals surface area contributed by atoms with E-state index in [-0.39, 0.29) is 41.5 Å². The molecule has 0 unspecified atom stereocenters. The first-order valence-corrected chi connectivity index (χ1v) is 7.77. The molecular weight excluding hydrogens is 337 g/mol.